The van der Waals surface area contributed by atoms with Gasteiger partial charge in [-0.3, -0.25) is 4.79 Å². The molecule has 0 aromatic heterocycles. The van der Waals surface area contributed by atoms with E-state index in [-0.39, 0.29) is 5.91 Å². The molecule has 1 aromatic carbocycles. The van der Waals surface area contributed by atoms with E-state index in [4.69, 9.17) is 4.74 Å². The average molecular weight is 298 g/mol. The average Bonchev–Trinajstić information content (AvgIpc) is 2.76. The van der Waals surface area contributed by atoms with Crippen LogP contribution in [0, 0.1) is 0 Å². The van der Waals surface area contributed by atoms with Crippen LogP contribution in [0.15, 0.2) is 24.3 Å². The van der Waals surface area contributed by atoms with E-state index < -0.39 is 0 Å². The van der Waals surface area contributed by atoms with Crippen LogP contribution in [0.2, 0.25) is 0 Å². The first-order valence-electron chi connectivity index (χ1n) is 5.87. The minimum Gasteiger partial charge on any atom is -0.493 e. The first kappa shape index (κ1) is 12.4. The van der Waals surface area contributed by atoms with E-state index >= 15 is 0 Å². The molecule has 3 nitrogen and oxygen atoms in total. The topological polar surface area (TPSA) is 29.5 Å². The summed E-state index contributed by atoms with van der Waals surface area (Å²) in [5.74, 6) is 0.744. The van der Waals surface area contributed by atoms with Crippen LogP contribution in [0.3, 0.4) is 0 Å². The molecule has 0 bridgehead atoms. The van der Waals surface area contributed by atoms with E-state index in [0.717, 1.165) is 19.5 Å². The summed E-state index contributed by atoms with van der Waals surface area (Å²) in [6.45, 7) is 4.09. The highest BCUT2D eigenvalue weighted by Gasteiger charge is 2.26. The number of nitrogens with zero attached hydrogens (tertiary/aromatic N) is 1. The van der Waals surface area contributed by atoms with Gasteiger partial charge in [0.15, 0.2) is 0 Å². The van der Waals surface area contributed by atoms with Crippen LogP contribution in [0.5, 0.6) is 5.75 Å². The Labute approximate surface area is 110 Å². The largest absolute Gasteiger partial charge is 0.493 e. The lowest BCUT2D eigenvalue weighted by Crippen LogP contribution is -2.29. The predicted molar refractivity (Wildman–Crippen MR) is 70.8 cm³/mol. The first-order valence-corrected chi connectivity index (χ1v) is 6.79. The third-order valence-corrected chi connectivity index (χ3v) is 3.58. The van der Waals surface area contributed by atoms with Crippen LogP contribution in [0.25, 0.3) is 0 Å². The van der Waals surface area contributed by atoms with Crippen molar-refractivity contribution in [2.24, 2.45) is 0 Å². The molecule has 0 saturated carbocycles. The summed E-state index contributed by atoms with van der Waals surface area (Å²) in [4.78, 5) is 14.6. The molecule has 1 aromatic rings. The number of hydrogen-bond donors (Lipinski definition) is 0. The fourth-order valence-corrected chi connectivity index (χ4v) is 2.55. The normalized spacial score (nSPS) is 19.4. The number of hydrogen-bond acceptors (Lipinski definition) is 2. The minimum atomic E-state index is 0.0657. The number of ether oxygens (including phenoxy) is 1. The van der Waals surface area contributed by atoms with Gasteiger partial charge >= 0.3 is 0 Å². The highest BCUT2D eigenvalue weighted by Crippen LogP contribution is 2.24. The zero-order valence-electron chi connectivity index (χ0n) is 9.86. The lowest BCUT2D eigenvalue weighted by Gasteiger charge is -2.17. The Morgan fingerprint density at radius 1 is 1.53 bits per heavy atom. The Kier molecular flexibility index (Phi) is 4.05. The number of benzene rings is 1. The van der Waals surface area contributed by atoms with Crippen LogP contribution < -0.4 is 4.74 Å². The SMILES string of the molecule is CCOc1ccccc1C(=O)N1CCC(Br)C1. The van der Waals surface area contributed by atoms with Crippen molar-refractivity contribution in [3.8, 4) is 5.75 Å². The molecular formula is C13H16BrNO2. The van der Waals surface area contributed by atoms with Gasteiger partial charge in [0.2, 0.25) is 0 Å². The Balaban J connectivity index is 2.18. The fourth-order valence-electron chi connectivity index (χ4n) is 2.00. The van der Waals surface area contributed by atoms with Gasteiger partial charge < -0.3 is 9.64 Å². The molecular weight excluding hydrogens is 282 g/mol. The lowest BCUT2D eigenvalue weighted by atomic mass is 10.2. The summed E-state index contributed by atoms with van der Waals surface area (Å²) in [6, 6.07) is 7.43. The van der Waals surface area contributed by atoms with Crippen molar-refractivity contribution >= 4 is 21.8 Å². The fraction of sp³-hybridized carbons (Fsp3) is 0.462. The van der Waals surface area contributed by atoms with E-state index in [1.54, 1.807) is 0 Å². The van der Waals surface area contributed by atoms with Gasteiger partial charge in [0.1, 0.15) is 5.75 Å². The molecule has 1 amide bonds. The van der Waals surface area contributed by atoms with E-state index in [2.05, 4.69) is 15.9 Å². The number of para-hydroxylation sites is 1. The minimum absolute atomic E-state index is 0.0657. The number of rotatable bonds is 3. The molecule has 1 heterocycles. The second-order valence-corrected chi connectivity index (χ2v) is 5.36. The number of alkyl halides is 1. The first-order chi connectivity index (χ1) is 8.22. The number of likely N-dealkylation sites (tertiary alicyclic amines) is 1. The van der Waals surface area contributed by atoms with Crippen molar-refractivity contribution in [2.45, 2.75) is 18.2 Å². The zero-order valence-corrected chi connectivity index (χ0v) is 11.4. The molecule has 1 saturated heterocycles. The van der Waals surface area contributed by atoms with Crippen LogP contribution in [0.1, 0.15) is 23.7 Å². The number of amides is 1. The van der Waals surface area contributed by atoms with E-state index in [1.165, 1.54) is 0 Å². The van der Waals surface area contributed by atoms with E-state index in [9.17, 15) is 4.79 Å². The molecule has 0 aliphatic carbocycles. The molecule has 2 rings (SSSR count). The number of halogens is 1. The smallest absolute Gasteiger partial charge is 0.257 e. The highest BCUT2D eigenvalue weighted by atomic mass is 79.9. The highest BCUT2D eigenvalue weighted by molar-refractivity contribution is 9.09. The monoisotopic (exact) mass is 297 g/mol. The number of carbonyl (C=O) groups is 1. The van der Waals surface area contributed by atoms with Crippen molar-refractivity contribution in [3.05, 3.63) is 29.8 Å². The summed E-state index contributed by atoms with van der Waals surface area (Å²) in [7, 11) is 0. The number of carbonyl (C=O) groups excluding carboxylic acids is 1. The van der Waals surface area contributed by atoms with Crippen LogP contribution in [0.4, 0.5) is 0 Å². The van der Waals surface area contributed by atoms with Gasteiger partial charge in [-0.25, -0.2) is 0 Å². The zero-order chi connectivity index (χ0) is 12.3. The van der Waals surface area contributed by atoms with Crippen molar-refractivity contribution in [2.75, 3.05) is 19.7 Å². The van der Waals surface area contributed by atoms with Gasteiger partial charge in [-0.1, -0.05) is 28.1 Å². The van der Waals surface area contributed by atoms with Gasteiger partial charge in [0.25, 0.3) is 5.91 Å². The van der Waals surface area contributed by atoms with Crippen LogP contribution in [-0.4, -0.2) is 35.3 Å². The molecule has 0 N–H and O–H groups in total. The quantitative estimate of drug-likeness (QED) is 0.803. The Morgan fingerprint density at radius 3 is 2.94 bits per heavy atom. The molecule has 1 unspecified atom stereocenters. The lowest BCUT2D eigenvalue weighted by molar-refractivity contribution is 0.0789. The Morgan fingerprint density at radius 2 is 2.29 bits per heavy atom. The van der Waals surface area contributed by atoms with Gasteiger partial charge in [-0.2, -0.15) is 0 Å². The molecule has 1 aliphatic heterocycles. The molecule has 4 heteroatoms. The predicted octanol–water partition coefficient (Wildman–Crippen LogP) is 2.69. The van der Waals surface area contributed by atoms with Crippen molar-refractivity contribution < 1.29 is 9.53 Å². The van der Waals surface area contributed by atoms with Gasteiger partial charge in [0.05, 0.1) is 12.2 Å². The van der Waals surface area contributed by atoms with Crippen LogP contribution in [-0.2, 0) is 0 Å². The molecule has 92 valence electrons. The summed E-state index contributed by atoms with van der Waals surface area (Å²) in [5.41, 5.74) is 0.663. The Bertz CT molecular complexity index is 408. The summed E-state index contributed by atoms with van der Waals surface area (Å²) in [5, 5.41) is 0. The van der Waals surface area contributed by atoms with Gasteiger partial charge in [0, 0.05) is 17.9 Å². The summed E-state index contributed by atoms with van der Waals surface area (Å²) in [6.07, 6.45) is 1.02. The Hall–Kier alpha value is -1.03. The van der Waals surface area contributed by atoms with Crippen molar-refractivity contribution in [1.82, 2.24) is 4.90 Å². The molecule has 1 fully saturated rings. The maximum atomic E-state index is 12.3. The van der Waals surface area contributed by atoms with Crippen molar-refractivity contribution in [3.63, 3.8) is 0 Å². The summed E-state index contributed by atoms with van der Waals surface area (Å²) < 4.78 is 5.49. The molecule has 17 heavy (non-hydrogen) atoms. The van der Waals surface area contributed by atoms with Gasteiger partial charge in [-0.05, 0) is 25.5 Å². The van der Waals surface area contributed by atoms with E-state index in [1.807, 2.05) is 36.1 Å². The second kappa shape index (κ2) is 5.54. The maximum Gasteiger partial charge on any atom is 0.257 e. The summed E-state index contributed by atoms with van der Waals surface area (Å²) >= 11 is 3.54. The third-order valence-electron chi connectivity index (χ3n) is 2.84. The molecule has 0 spiro atoms. The molecule has 1 atom stereocenters. The third kappa shape index (κ3) is 2.80. The molecule has 0 radical (unpaired) electrons. The maximum absolute atomic E-state index is 12.3. The molecule has 1 aliphatic rings. The van der Waals surface area contributed by atoms with Gasteiger partial charge in [-0.15, -0.1) is 0 Å². The van der Waals surface area contributed by atoms with Crippen molar-refractivity contribution in [1.29, 1.82) is 0 Å². The van der Waals surface area contributed by atoms with E-state index in [0.29, 0.717) is 22.7 Å². The second-order valence-electron chi connectivity index (χ2n) is 4.07. The van der Waals surface area contributed by atoms with Crippen LogP contribution >= 0.6 is 15.9 Å². The standard InChI is InChI=1S/C13H16BrNO2/c1-2-17-12-6-4-3-5-11(12)13(16)15-8-7-10(14)9-15/h3-6,10H,2,7-9H2,1H3.